The number of nitrogens with zero attached hydrogens (tertiary/aromatic N) is 5. The lowest BCUT2D eigenvalue weighted by molar-refractivity contribution is 0.296. The van der Waals surface area contributed by atoms with Crippen molar-refractivity contribution in [3.63, 3.8) is 0 Å². The Bertz CT molecular complexity index is 1060. The van der Waals surface area contributed by atoms with Crippen molar-refractivity contribution in [3.05, 3.63) is 78.0 Å². The summed E-state index contributed by atoms with van der Waals surface area (Å²) in [4.78, 5) is 0. The average Bonchev–Trinajstić information content (AvgIpc) is 3.31. The molecule has 0 fully saturated rings. The molecule has 27 heavy (non-hydrogen) atoms. The van der Waals surface area contributed by atoms with Gasteiger partial charge in [0.25, 0.3) is 0 Å². The van der Waals surface area contributed by atoms with Crippen molar-refractivity contribution in [1.82, 2.24) is 19.4 Å². The van der Waals surface area contributed by atoms with Crippen molar-refractivity contribution in [3.8, 4) is 5.75 Å². The lowest BCUT2D eigenvalue weighted by Gasteiger charge is -2.12. The number of para-hydroxylation sites is 2. The number of rotatable bonds is 6. The van der Waals surface area contributed by atoms with Crippen LogP contribution in [0, 0.1) is 13.8 Å². The van der Waals surface area contributed by atoms with Crippen molar-refractivity contribution in [2.75, 3.05) is 6.61 Å². The number of aryl methyl sites for hydroxylation is 2. The summed E-state index contributed by atoms with van der Waals surface area (Å²) < 4.78 is 9.86. The van der Waals surface area contributed by atoms with Crippen molar-refractivity contribution >= 4 is 17.1 Å². The maximum absolute atomic E-state index is 6.07. The first kappa shape index (κ1) is 17.0. The van der Waals surface area contributed by atoms with Gasteiger partial charge in [-0.05, 0) is 31.0 Å². The van der Waals surface area contributed by atoms with Gasteiger partial charge >= 0.3 is 0 Å². The fourth-order valence-electron chi connectivity index (χ4n) is 3.22. The normalized spacial score (nSPS) is 11.5. The SMILES string of the molecule is Cc1cccc(C)c1OCCn1cc(/C=N\n2cnnc2)c2ccccc21. The van der Waals surface area contributed by atoms with Crippen LogP contribution in [0.4, 0.5) is 0 Å². The highest BCUT2D eigenvalue weighted by Crippen LogP contribution is 2.23. The molecule has 0 amide bonds. The standard InChI is InChI=1S/C21H21N5O/c1-16-6-5-7-17(2)21(16)27-11-10-25-13-18(12-24-26-14-22-23-15-26)19-8-3-4-9-20(19)25/h3-9,12-15H,10-11H2,1-2H3/b24-12-. The second-order valence-electron chi connectivity index (χ2n) is 6.45. The van der Waals surface area contributed by atoms with Gasteiger partial charge < -0.3 is 9.30 Å². The van der Waals surface area contributed by atoms with Crippen LogP contribution >= 0.6 is 0 Å². The highest BCUT2D eigenvalue weighted by Gasteiger charge is 2.08. The molecular weight excluding hydrogens is 338 g/mol. The summed E-state index contributed by atoms with van der Waals surface area (Å²) in [6, 6.07) is 14.5. The molecule has 2 heterocycles. The van der Waals surface area contributed by atoms with Gasteiger partial charge in [0.05, 0.1) is 12.8 Å². The molecule has 2 aromatic heterocycles. The van der Waals surface area contributed by atoms with Crippen molar-refractivity contribution < 1.29 is 4.74 Å². The molecule has 0 bridgehead atoms. The fourth-order valence-corrected chi connectivity index (χ4v) is 3.22. The van der Waals surface area contributed by atoms with Crippen LogP contribution in [0.25, 0.3) is 10.9 Å². The quantitative estimate of drug-likeness (QED) is 0.492. The first-order chi connectivity index (χ1) is 13.2. The lowest BCUT2D eigenvalue weighted by Crippen LogP contribution is -2.08. The van der Waals surface area contributed by atoms with Gasteiger partial charge in [-0.3, -0.25) is 0 Å². The topological polar surface area (TPSA) is 57.2 Å². The second-order valence-corrected chi connectivity index (χ2v) is 6.45. The van der Waals surface area contributed by atoms with E-state index in [1.54, 1.807) is 17.3 Å². The Kier molecular flexibility index (Phi) is 4.70. The first-order valence-corrected chi connectivity index (χ1v) is 8.88. The van der Waals surface area contributed by atoms with Crippen molar-refractivity contribution in [1.29, 1.82) is 0 Å². The minimum absolute atomic E-state index is 0.604. The lowest BCUT2D eigenvalue weighted by atomic mass is 10.1. The molecular formula is C21H21N5O. The third-order valence-electron chi connectivity index (χ3n) is 4.54. The number of benzene rings is 2. The zero-order chi connectivity index (χ0) is 18.6. The highest BCUT2D eigenvalue weighted by molar-refractivity contribution is 5.99. The van der Waals surface area contributed by atoms with E-state index >= 15 is 0 Å². The molecule has 0 aliphatic heterocycles. The third-order valence-corrected chi connectivity index (χ3v) is 4.54. The van der Waals surface area contributed by atoms with Crippen LogP contribution in [0.3, 0.4) is 0 Å². The molecule has 4 rings (SSSR count). The molecule has 0 spiro atoms. The minimum Gasteiger partial charge on any atom is -0.491 e. The maximum atomic E-state index is 6.07. The van der Waals surface area contributed by atoms with Crippen LogP contribution in [0.1, 0.15) is 16.7 Å². The predicted octanol–water partition coefficient (Wildman–Crippen LogP) is 3.81. The van der Waals surface area contributed by atoms with Gasteiger partial charge in [0.2, 0.25) is 0 Å². The molecule has 0 N–H and O–H groups in total. The molecule has 136 valence electrons. The third kappa shape index (κ3) is 3.60. The van der Waals surface area contributed by atoms with E-state index in [1.165, 1.54) is 0 Å². The smallest absolute Gasteiger partial charge is 0.141 e. The van der Waals surface area contributed by atoms with Gasteiger partial charge in [-0.2, -0.15) is 5.10 Å². The Balaban J connectivity index is 1.55. The van der Waals surface area contributed by atoms with Crippen molar-refractivity contribution in [2.45, 2.75) is 20.4 Å². The van der Waals surface area contributed by atoms with E-state index in [9.17, 15) is 0 Å². The highest BCUT2D eigenvalue weighted by atomic mass is 16.5. The molecule has 0 saturated heterocycles. The monoisotopic (exact) mass is 359 g/mol. The molecule has 0 aliphatic rings. The zero-order valence-corrected chi connectivity index (χ0v) is 15.4. The summed E-state index contributed by atoms with van der Waals surface area (Å²) in [5.41, 5.74) is 4.53. The van der Waals surface area contributed by atoms with E-state index < -0.39 is 0 Å². The first-order valence-electron chi connectivity index (χ1n) is 8.88. The molecule has 0 radical (unpaired) electrons. The van der Waals surface area contributed by atoms with E-state index in [2.05, 4.69) is 70.2 Å². The van der Waals surface area contributed by atoms with Crippen LogP contribution in [-0.4, -0.2) is 32.3 Å². The van der Waals surface area contributed by atoms with E-state index in [0.717, 1.165) is 39.9 Å². The van der Waals surface area contributed by atoms with Gasteiger partial charge in [0.1, 0.15) is 25.0 Å². The molecule has 0 aliphatic carbocycles. The van der Waals surface area contributed by atoms with Crippen LogP contribution in [0.15, 0.2) is 66.4 Å². The molecule has 0 atom stereocenters. The summed E-state index contributed by atoms with van der Waals surface area (Å²) in [5.74, 6) is 0.975. The largest absolute Gasteiger partial charge is 0.491 e. The Morgan fingerprint density at radius 2 is 1.74 bits per heavy atom. The van der Waals surface area contributed by atoms with Crippen LogP contribution in [0.2, 0.25) is 0 Å². The Morgan fingerprint density at radius 1 is 1.00 bits per heavy atom. The summed E-state index contributed by atoms with van der Waals surface area (Å²) in [6.07, 6.45) is 7.06. The summed E-state index contributed by atoms with van der Waals surface area (Å²) in [7, 11) is 0. The minimum atomic E-state index is 0.604. The Labute approximate surface area is 157 Å². The Morgan fingerprint density at radius 3 is 2.52 bits per heavy atom. The van der Waals surface area contributed by atoms with Crippen LogP contribution in [0.5, 0.6) is 5.75 Å². The molecule has 6 nitrogen and oxygen atoms in total. The summed E-state index contributed by atoms with van der Waals surface area (Å²) in [5, 5.41) is 13.1. The zero-order valence-electron chi connectivity index (χ0n) is 15.4. The number of hydrogen-bond acceptors (Lipinski definition) is 4. The number of ether oxygens (including phenoxy) is 1. The second kappa shape index (κ2) is 7.45. The van der Waals surface area contributed by atoms with E-state index in [-0.39, 0.29) is 0 Å². The summed E-state index contributed by atoms with van der Waals surface area (Å²) in [6.45, 7) is 5.51. The van der Waals surface area contributed by atoms with Gasteiger partial charge in [-0.15, -0.1) is 10.2 Å². The van der Waals surface area contributed by atoms with E-state index in [1.807, 2.05) is 18.3 Å². The van der Waals surface area contributed by atoms with E-state index in [0.29, 0.717) is 6.61 Å². The molecule has 0 unspecified atom stereocenters. The fraction of sp³-hybridized carbons (Fsp3) is 0.190. The number of fused-ring (bicyclic) bond motifs is 1. The molecule has 0 saturated carbocycles. The van der Waals surface area contributed by atoms with E-state index in [4.69, 9.17) is 4.74 Å². The maximum Gasteiger partial charge on any atom is 0.141 e. The average molecular weight is 359 g/mol. The van der Waals surface area contributed by atoms with Gasteiger partial charge in [0, 0.05) is 22.7 Å². The van der Waals surface area contributed by atoms with Gasteiger partial charge in [0.15, 0.2) is 0 Å². The van der Waals surface area contributed by atoms with Crippen LogP contribution in [-0.2, 0) is 6.54 Å². The molecule has 6 heteroatoms. The number of aromatic nitrogens is 4. The van der Waals surface area contributed by atoms with Crippen molar-refractivity contribution in [2.24, 2.45) is 5.10 Å². The summed E-state index contributed by atoms with van der Waals surface area (Å²) >= 11 is 0. The molecule has 2 aromatic carbocycles. The predicted molar refractivity (Wildman–Crippen MR) is 106 cm³/mol. The number of hydrogen-bond donors (Lipinski definition) is 0. The van der Waals surface area contributed by atoms with Crippen LogP contribution < -0.4 is 4.74 Å². The molecule has 4 aromatic rings. The van der Waals surface area contributed by atoms with Gasteiger partial charge in [-0.25, -0.2) is 4.68 Å². The van der Waals surface area contributed by atoms with Gasteiger partial charge in [-0.1, -0.05) is 36.4 Å². The Hall–Kier alpha value is -3.41.